The Hall–Kier alpha value is -1.37. The monoisotopic (exact) mass is 354 g/mol. The van der Waals surface area contributed by atoms with E-state index in [2.05, 4.69) is 26.0 Å². The topological polar surface area (TPSA) is 58.2 Å². The maximum Gasteiger partial charge on any atom is 0.242 e. The Balaban J connectivity index is 2.22. The SMILES string of the molecule is CNS(=O)(=O)c1ccccc1NCc1cccc(Br)c1. The number of sulfonamides is 1. The van der Waals surface area contributed by atoms with Gasteiger partial charge in [-0.1, -0.05) is 40.2 Å². The van der Waals surface area contributed by atoms with E-state index in [-0.39, 0.29) is 4.90 Å². The number of hydrogen-bond donors (Lipinski definition) is 2. The van der Waals surface area contributed by atoms with Gasteiger partial charge in [-0.3, -0.25) is 0 Å². The number of para-hydroxylation sites is 1. The van der Waals surface area contributed by atoms with Crippen LogP contribution in [-0.4, -0.2) is 15.5 Å². The Morgan fingerprint density at radius 3 is 2.55 bits per heavy atom. The molecule has 2 N–H and O–H groups in total. The zero-order valence-corrected chi connectivity index (χ0v) is 13.3. The average molecular weight is 355 g/mol. The van der Waals surface area contributed by atoms with E-state index < -0.39 is 10.0 Å². The molecule has 6 heteroatoms. The quantitative estimate of drug-likeness (QED) is 0.867. The van der Waals surface area contributed by atoms with E-state index >= 15 is 0 Å². The molecule has 2 rings (SSSR count). The summed E-state index contributed by atoms with van der Waals surface area (Å²) in [5, 5.41) is 3.16. The van der Waals surface area contributed by atoms with Gasteiger partial charge in [-0.05, 0) is 36.9 Å². The zero-order valence-electron chi connectivity index (χ0n) is 10.9. The summed E-state index contributed by atoms with van der Waals surface area (Å²) in [5.74, 6) is 0. The fourth-order valence-electron chi connectivity index (χ4n) is 1.80. The van der Waals surface area contributed by atoms with Gasteiger partial charge in [0.2, 0.25) is 10.0 Å². The first-order valence-electron chi connectivity index (χ1n) is 6.04. The first kappa shape index (κ1) is 15.0. The smallest absolute Gasteiger partial charge is 0.242 e. The Bertz CT molecular complexity index is 702. The van der Waals surface area contributed by atoms with Crippen molar-refractivity contribution in [1.82, 2.24) is 4.72 Å². The normalized spacial score (nSPS) is 11.3. The third kappa shape index (κ3) is 3.59. The summed E-state index contributed by atoms with van der Waals surface area (Å²) >= 11 is 3.41. The lowest BCUT2D eigenvalue weighted by molar-refractivity contribution is 0.588. The molecule has 2 aromatic carbocycles. The second-order valence-corrected chi connectivity index (χ2v) is 6.96. The Labute approximate surface area is 127 Å². The number of rotatable bonds is 5. The highest BCUT2D eigenvalue weighted by atomic mass is 79.9. The van der Waals surface area contributed by atoms with Crippen LogP contribution < -0.4 is 10.0 Å². The molecule has 0 amide bonds. The molecule has 0 radical (unpaired) electrons. The van der Waals surface area contributed by atoms with Crippen molar-refractivity contribution in [2.75, 3.05) is 12.4 Å². The summed E-state index contributed by atoms with van der Waals surface area (Å²) in [6, 6.07) is 14.7. The number of hydrogen-bond acceptors (Lipinski definition) is 3. The summed E-state index contributed by atoms with van der Waals surface area (Å²) in [6.45, 7) is 0.551. The molecule has 0 heterocycles. The minimum Gasteiger partial charge on any atom is -0.380 e. The summed E-state index contributed by atoms with van der Waals surface area (Å²) in [6.07, 6.45) is 0. The highest BCUT2D eigenvalue weighted by molar-refractivity contribution is 9.10. The van der Waals surface area contributed by atoms with E-state index in [4.69, 9.17) is 0 Å². The van der Waals surface area contributed by atoms with Crippen LogP contribution in [0, 0.1) is 0 Å². The molecule has 0 saturated heterocycles. The van der Waals surface area contributed by atoms with Gasteiger partial charge in [-0.15, -0.1) is 0 Å². The zero-order chi connectivity index (χ0) is 14.6. The molecular formula is C14H15BrN2O2S. The maximum absolute atomic E-state index is 11.9. The van der Waals surface area contributed by atoms with Crippen LogP contribution in [0.5, 0.6) is 0 Å². The van der Waals surface area contributed by atoms with Crippen LogP contribution >= 0.6 is 15.9 Å². The van der Waals surface area contributed by atoms with Gasteiger partial charge in [0.15, 0.2) is 0 Å². The van der Waals surface area contributed by atoms with Crippen molar-refractivity contribution in [3.63, 3.8) is 0 Å². The fourth-order valence-corrected chi connectivity index (χ4v) is 3.16. The summed E-state index contributed by atoms with van der Waals surface area (Å²) < 4.78 is 27.2. The molecule has 0 fully saturated rings. The predicted molar refractivity (Wildman–Crippen MR) is 84.2 cm³/mol. The molecule has 0 unspecified atom stereocenters. The summed E-state index contributed by atoms with van der Waals surface area (Å²) in [5.41, 5.74) is 1.65. The van der Waals surface area contributed by atoms with Crippen LogP contribution in [0.25, 0.3) is 0 Å². The van der Waals surface area contributed by atoms with Gasteiger partial charge in [0.1, 0.15) is 4.90 Å². The van der Waals surface area contributed by atoms with Crippen LogP contribution in [0.3, 0.4) is 0 Å². The lowest BCUT2D eigenvalue weighted by Gasteiger charge is -2.12. The molecule has 106 valence electrons. The summed E-state index contributed by atoms with van der Waals surface area (Å²) in [4.78, 5) is 0.248. The molecule has 2 aromatic rings. The minimum absolute atomic E-state index is 0.248. The Morgan fingerprint density at radius 2 is 1.85 bits per heavy atom. The first-order valence-corrected chi connectivity index (χ1v) is 8.31. The molecule has 4 nitrogen and oxygen atoms in total. The van der Waals surface area contributed by atoms with Crippen molar-refractivity contribution in [3.8, 4) is 0 Å². The van der Waals surface area contributed by atoms with E-state index in [1.807, 2.05) is 24.3 Å². The van der Waals surface area contributed by atoms with E-state index in [9.17, 15) is 8.42 Å². The lowest BCUT2D eigenvalue weighted by Crippen LogP contribution is -2.20. The van der Waals surface area contributed by atoms with Gasteiger partial charge in [0.05, 0.1) is 5.69 Å². The first-order chi connectivity index (χ1) is 9.53. The molecule has 0 aliphatic rings. The Morgan fingerprint density at radius 1 is 1.10 bits per heavy atom. The molecular weight excluding hydrogens is 340 g/mol. The average Bonchev–Trinajstić information content (AvgIpc) is 2.45. The lowest BCUT2D eigenvalue weighted by atomic mass is 10.2. The fraction of sp³-hybridized carbons (Fsp3) is 0.143. The van der Waals surface area contributed by atoms with Gasteiger partial charge >= 0.3 is 0 Å². The summed E-state index contributed by atoms with van der Waals surface area (Å²) in [7, 11) is -2.06. The Kier molecular flexibility index (Phi) is 4.80. The van der Waals surface area contributed by atoms with E-state index in [1.54, 1.807) is 24.3 Å². The molecule has 0 aliphatic carbocycles. The third-order valence-corrected chi connectivity index (χ3v) is 4.78. The molecule has 20 heavy (non-hydrogen) atoms. The molecule has 0 aromatic heterocycles. The second-order valence-electron chi connectivity index (χ2n) is 4.19. The van der Waals surface area contributed by atoms with Gasteiger partial charge in [0.25, 0.3) is 0 Å². The van der Waals surface area contributed by atoms with Crippen molar-refractivity contribution in [2.24, 2.45) is 0 Å². The molecule has 0 saturated carbocycles. The third-order valence-electron chi connectivity index (χ3n) is 2.82. The van der Waals surface area contributed by atoms with Crippen LogP contribution in [-0.2, 0) is 16.6 Å². The van der Waals surface area contributed by atoms with E-state index in [0.29, 0.717) is 12.2 Å². The minimum atomic E-state index is -3.46. The number of halogens is 1. The van der Waals surface area contributed by atoms with Gasteiger partial charge < -0.3 is 5.32 Å². The van der Waals surface area contributed by atoms with Gasteiger partial charge in [-0.25, -0.2) is 13.1 Å². The van der Waals surface area contributed by atoms with Crippen molar-refractivity contribution >= 4 is 31.6 Å². The van der Waals surface area contributed by atoms with E-state index in [0.717, 1.165) is 10.0 Å². The standard InChI is InChI=1S/C14H15BrN2O2S/c1-16-20(18,19)14-8-3-2-7-13(14)17-10-11-5-4-6-12(15)9-11/h2-9,16-17H,10H2,1H3. The van der Waals surface area contributed by atoms with Crippen LogP contribution in [0.15, 0.2) is 57.9 Å². The van der Waals surface area contributed by atoms with Gasteiger partial charge in [-0.2, -0.15) is 0 Å². The highest BCUT2D eigenvalue weighted by Crippen LogP contribution is 2.21. The van der Waals surface area contributed by atoms with E-state index in [1.165, 1.54) is 7.05 Å². The number of benzene rings is 2. The second kappa shape index (κ2) is 6.39. The largest absolute Gasteiger partial charge is 0.380 e. The molecule has 0 spiro atoms. The van der Waals surface area contributed by atoms with Crippen molar-refractivity contribution < 1.29 is 8.42 Å². The molecule has 0 aliphatic heterocycles. The number of anilines is 1. The maximum atomic E-state index is 11.9. The van der Waals surface area contributed by atoms with Crippen molar-refractivity contribution in [2.45, 2.75) is 11.4 Å². The number of nitrogens with one attached hydrogen (secondary N) is 2. The molecule has 0 bridgehead atoms. The van der Waals surface area contributed by atoms with Crippen LogP contribution in [0.1, 0.15) is 5.56 Å². The van der Waals surface area contributed by atoms with Crippen molar-refractivity contribution in [1.29, 1.82) is 0 Å². The van der Waals surface area contributed by atoms with Gasteiger partial charge in [0, 0.05) is 11.0 Å². The molecule has 0 atom stereocenters. The van der Waals surface area contributed by atoms with Crippen LogP contribution in [0.2, 0.25) is 0 Å². The van der Waals surface area contributed by atoms with Crippen molar-refractivity contribution in [3.05, 3.63) is 58.6 Å². The van der Waals surface area contributed by atoms with Crippen LogP contribution in [0.4, 0.5) is 5.69 Å². The predicted octanol–water partition coefficient (Wildman–Crippen LogP) is 2.97. The highest BCUT2D eigenvalue weighted by Gasteiger charge is 2.15.